The molecule has 0 fully saturated rings. The molecule has 11 heteroatoms. The SMILES string of the molecule is CCOC(=O)c1cc(C(=O)Nc2ccc(NS(=O)(=O)c3ccc(C)cc3)cc2)cc([N+](=O)[O-])c1. The monoisotopic (exact) mass is 483 g/mol. The summed E-state index contributed by atoms with van der Waals surface area (Å²) in [5.41, 5.74) is 0.850. The van der Waals surface area contributed by atoms with E-state index in [1.54, 1.807) is 19.1 Å². The summed E-state index contributed by atoms with van der Waals surface area (Å²) in [5, 5.41) is 13.8. The van der Waals surface area contributed by atoms with E-state index in [1.807, 2.05) is 6.92 Å². The van der Waals surface area contributed by atoms with E-state index < -0.39 is 32.5 Å². The third-order valence-corrected chi connectivity index (χ3v) is 6.03. The number of aryl methyl sites for hydroxylation is 1. The number of non-ortho nitro benzene ring substituents is 1. The first-order valence-electron chi connectivity index (χ1n) is 10.1. The Morgan fingerprint density at radius 3 is 2.12 bits per heavy atom. The Kier molecular flexibility index (Phi) is 7.27. The highest BCUT2D eigenvalue weighted by Gasteiger charge is 2.19. The highest BCUT2D eigenvalue weighted by atomic mass is 32.2. The van der Waals surface area contributed by atoms with E-state index in [0.29, 0.717) is 5.69 Å². The van der Waals surface area contributed by atoms with Crippen molar-refractivity contribution in [1.29, 1.82) is 0 Å². The predicted octanol–water partition coefficient (Wildman–Crippen LogP) is 4.13. The molecular formula is C23H21N3O7S. The number of nitrogens with one attached hydrogen (secondary N) is 2. The number of hydrogen-bond donors (Lipinski definition) is 2. The summed E-state index contributed by atoms with van der Waals surface area (Å²) in [6.07, 6.45) is 0. The molecule has 3 aromatic rings. The number of nitrogens with zero attached hydrogens (tertiary/aromatic N) is 1. The maximum Gasteiger partial charge on any atom is 0.338 e. The van der Waals surface area contributed by atoms with Gasteiger partial charge in [-0.15, -0.1) is 0 Å². The van der Waals surface area contributed by atoms with Crippen LogP contribution in [0.5, 0.6) is 0 Å². The molecule has 0 radical (unpaired) electrons. The molecule has 0 saturated heterocycles. The fourth-order valence-electron chi connectivity index (χ4n) is 2.94. The summed E-state index contributed by atoms with van der Waals surface area (Å²) in [5.74, 6) is -1.48. The van der Waals surface area contributed by atoms with Gasteiger partial charge in [0.05, 0.1) is 22.0 Å². The number of nitro benzene ring substituents is 1. The van der Waals surface area contributed by atoms with Gasteiger partial charge in [0, 0.05) is 29.1 Å². The number of nitro groups is 1. The van der Waals surface area contributed by atoms with Crippen LogP contribution in [0.4, 0.5) is 17.1 Å². The Morgan fingerprint density at radius 1 is 0.941 bits per heavy atom. The zero-order valence-electron chi connectivity index (χ0n) is 18.3. The normalized spacial score (nSPS) is 10.9. The Morgan fingerprint density at radius 2 is 1.53 bits per heavy atom. The van der Waals surface area contributed by atoms with Gasteiger partial charge >= 0.3 is 5.97 Å². The molecule has 0 atom stereocenters. The van der Waals surface area contributed by atoms with Crippen molar-refractivity contribution in [1.82, 2.24) is 0 Å². The van der Waals surface area contributed by atoms with Crippen LogP contribution in [-0.2, 0) is 14.8 Å². The fourth-order valence-corrected chi connectivity index (χ4v) is 3.99. The number of rotatable bonds is 8. The summed E-state index contributed by atoms with van der Waals surface area (Å²) in [6.45, 7) is 3.51. The van der Waals surface area contributed by atoms with Gasteiger partial charge in [0.25, 0.3) is 21.6 Å². The molecule has 0 heterocycles. The van der Waals surface area contributed by atoms with Gasteiger partial charge in [0.15, 0.2) is 0 Å². The Bertz CT molecular complexity index is 1340. The van der Waals surface area contributed by atoms with Gasteiger partial charge in [-0.1, -0.05) is 17.7 Å². The number of hydrogen-bond acceptors (Lipinski definition) is 7. The zero-order valence-corrected chi connectivity index (χ0v) is 19.1. The molecule has 176 valence electrons. The zero-order chi connectivity index (χ0) is 24.9. The molecule has 3 aromatic carbocycles. The summed E-state index contributed by atoms with van der Waals surface area (Å²) in [4.78, 5) is 35.2. The summed E-state index contributed by atoms with van der Waals surface area (Å²) >= 11 is 0. The first kappa shape index (κ1) is 24.4. The quantitative estimate of drug-likeness (QED) is 0.278. The second-order valence-electron chi connectivity index (χ2n) is 7.20. The number of amides is 1. The molecule has 2 N–H and O–H groups in total. The van der Waals surface area contributed by atoms with E-state index in [1.165, 1.54) is 42.5 Å². The van der Waals surface area contributed by atoms with Crippen LogP contribution in [0.3, 0.4) is 0 Å². The van der Waals surface area contributed by atoms with Crippen molar-refractivity contribution < 1.29 is 27.7 Å². The van der Waals surface area contributed by atoms with Crippen LogP contribution in [0.15, 0.2) is 71.6 Å². The maximum atomic E-state index is 12.7. The standard InChI is InChI=1S/C23H21N3O7S/c1-3-33-23(28)17-12-16(13-20(14-17)26(29)30)22(27)24-18-6-8-19(9-7-18)25-34(31,32)21-10-4-15(2)5-11-21/h4-14,25H,3H2,1-2H3,(H,24,27). The highest BCUT2D eigenvalue weighted by Crippen LogP contribution is 2.22. The molecule has 0 bridgehead atoms. The van der Waals surface area contributed by atoms with E-state index in [-0.39, 0.29) is 28.3 Å². The van der Waals surface area contributed by atoms with Crippen molar-refractivity contribution in [2.24, 2.45) is 0 Å². The number of ether oxygens (including phenoxy) is 1. The first-order chi connectivity index (χ1) is 16.1. The Labute approximate surface area is 195 Å². The molecule has 0 spiro atoms. The number of benzene rings is 3. The molecule has 10 nitrogen and oxygen atoms in total. The van der Waals surface area contributed by atoms with E-state index in [4.69, 9.17) is 4.74 Å². The van der Waals surface area contributed by atoms with Gasteiger partial charge in [-0.05, 0) is 56.3 Å². The van der Waals surface area contributed by atoms with Crippen LogP contribution in [0, 0.1) is 17.0 Å². The van der Waals surface area contributed by atoms with Crippen LogP contribution in [0.2, 0.25) is 0 Å². The molecule has 0 aromatic heterocycles. The predicted molar refractivity (Wildman–Crippen MR) is 125 cm³/mol. The third-order valence-electron chi connectivity index (χ3n) is 4.63. The van der Waals surface area contributed by atoms with E-state index >= 15 is 0 Å². The number of sulfonamides is 1. The molecule has 0 saturated carbocycles. The van der Waals surface area contributed by atoms with Crippen LogP contribution in [-0.4, -0.2) is 31.8 Å². The van der Waals surface area contributed by atoms with Gasteiger partial charge in [0.1, 0.15) is 0 Å². The molecule has 0 unspecified atom stereocenters. The van der Waals surface area contributed by atoms with Crippen molar-refractivity contribution in [3.8, 4) is 0 Å². The maximum absolute atomic E-state index is 12.7. The van der Waals surface area contributed by atoms with E-state index in [2.05, 4.69) is 10.0 Å². The molecule has 34 heavy (non-hydrogen) atoms. The van der Waals surface area contributed by atoms with Gasteiger partial charge in [-0.25, -0.2) is 13.2 Å². The van der Waals surface area contributed by atoms with Crippen molar-refractivity contribution >= 4 is 39.0 Å². The minimum absolute atomic E-state index is 0.0725. The largest absolute Gasteiger partial charge is 0.462 e. The van der Waals surface area contributed by atoms with Crippen molar-refractivity contribution in [2.75, 3.05) is 16.6 Å². The Hall–Kier alpha value is -4.25. The molecule has 3 rings (SSSR count). The minimum Gasteiger partial charge on any atom is -0.462 e. The molecule has 0 aliphatic heterocycles. The fraction of sp³-hybridized carbons (Fsp3) is 0.130. The van der Waals surface area contributed by atoms with Gasteiger partial charge in [0.2, 0.25) is 0 Å². The number of carbonyl (C=O) groups excluding carboxylic acids is 2. The topological polar surface area (TPSA) is 145 Å². The lowest BCUT2D eigenvalue weighted by Gasteiger charge is -2.10. The highest BCUT2D eigenvalue weighted by molar-refractivity contribution is 7.92. The molecule has 0 aliphatic rings. The van der Waals surface area contributed by atoms with Crippen LogP contribution >= 0.6 is 0 Å². The third kappa shape index (κ3) is 5.95. The first-order valence-corrected chi connectivity index (χ1v) is 11.5. The lowest BCUT2D eigenvalue weighted by Crippen LogP contribution is -2.15. The van der Waals surface area contributed by atoms with Crippen molar-refractivity contribution in [3.05, 3.63) is 93.5 Å². The summed E-state index contributed by atoms with van der Waals surface area (Å²) in [7, 11) is -3.78. The van der Waals surface area contributed by atoms with Crippen molar-refractivity contribution in [2.45, 2.75) is 18.7 Å². The summed E-state index contributed by atoms with van der Waals surface area (Å²) in [6, 6.07) is 15.5. The second kappa shape index (κ2) is 10.1. The van der Waals surface area contributed by atoms with Gasteiger partial charge < -0.3 is 10.1 Å². The van der Waals surface area contributed by atoms with E-state index in [9.17, 15) is 28.1 Å². The number of carbonyl (C=O) groups is 2. The minimum atomic E-state index is -3.78. The van der Waals surface area contributed by atoms with Crippen LogP contribution in [0.25, 0.3) is 0 Å². The number of anilines is 2. The lowest BCUT2D eigenvalue weighted by atomic mass is 10.1. The summed E-state index contributed by atoms with van der Waals surface area (Å²) < 4.78 is 32.3. The lowest BCUT2D eigenvalue weighted by molar-refractivity contribution is -0.384. The number of esters is 1. The van der Waals surface area contributed by atoms with Gasteiger partial charge in [-0.2, -0.15) is 0 Å². The van der Waals surface area contributed by atoms with Crippen LogP contribution in [0.1, 0.15) is 33.2 Å². The second-order valence-corrected chi connectivity index (χ2v) is 8.88. The molecule has 0 aliphatic carbocycles. The van der Waals surface area contributed by atoms with E-state index in [0.717, 1.165) is 17.7 Å². The smallest absolute Gasteiger partial charge is 0.338 e. The Balaban J connectivity index is 1.76. The molecule has 1 amide bonds. The average Bonchev–Trinajstić information content (AvgIpc) is 2.80. The van der Waals surface area contributed by atoms with Crippen molar-refractivity contribution in [3.63, 3.8) is 0 Å². The van der Waals surface area contributed by atoms with Gasteiger partial charge in [-0.3, -0.25) is 19.6 Å². The molecular weight excluding hydrogens is 462 g/mol. The average molecular weight is 484 g/mol. The van der Waals surface area contributed by atoms with Crippen LogP contribution < -0.4 is 10.0 Å².